The van der Waals surface area contributed by atoms with E-state index < -0.39 is 17.7 Å². The van der Waals surface area contributed by atoms with Gasteiger partial charge in [0.2, 0.25) is 0 Å². The number of halogens is 5. The van der Waals surface area contributed by atoms with Crippen LogP contribution in [0.5, 0.6) is 0 Å². The fraction of sp³-hybridized carbons (Fsp3) is 0.0769. The van der Waals surface area contributed by atoms with Gasteiger partial charge in [0.1, 0.15) is 6.10 Å². The van der Waals surface area contributed by atoms with Crippen LogP contribution in [-0.4, -0.2) is 5.11 Å². The predicted molar refractivity (Wildman–Crippen MR) is 71.9 cm³/mol. The largest absolute Gasteiger partial charge is 0.384 e. The van der Waals surface area contributed by atoms with E-state index in [1.54, 1.807) is 0 Å². The molecule has 0 bridgehead atoms. The minimum Gasteiger partial charge on any atom is -0.384 e. The Morgan fingerprint density at radius 1 is 0.842 bits per heavy atom. The Hall–Kier alpha value is -0.870. The maximum absolute atomic E-state index is 13.2. The normalized spacial score (nSPS) is 12.5. The zero-order chi connectivity index (χ0) is 14.2. The van der Waals surface area contributed by atoms with Crippen molar-refractivity contribution in [1.82, 2.24) is 0 Å². The molecule has 1 N–H and O–H groups in total. The van der Waals surface area contributed by atoms with Gasteiger partial charge >= 0.3 is 0 Å². The highest BCUT2D eigenvalue weighted by Gasteiger charge is 2.18. The van der Waals surface area contributed by atoms with Gasteiger partial charge in [-0.25, -0.2) is 8.78 Å². The molecule has 0 heterocycles. The van der Waals surface area contributed by atoms with E-state index >= 15 is 0 Å². The van der Waals surface area contributed by atoms with Crippen LogP contribution < -0.4 is 0 Å². The van der Waals surface area contributed by atoms with Crippen LogP contribution >= 0.6 is 34.8 Å². The third kappa shape index (κ3) is 3.18. The molecule has 100 valence electrons. The van der Waals surface area contributed by atoms with Crippen molar-refractivity contribution in [3.63, 3.8) is 0 Å². The van der Waals surface area contributed by atoms with Crippen molar-refractivity contribution < 1.29 is 13.9 Å². The number of hydrogen-bond donors (Lipinski definition) is 1. The molecule has 0 saturated heterocycles. The van der Waals surface area contributed by atoms with Crippen LogP contribution in [0.15, 0.2) is 30.3 Å². The van der Waals surface area contributed by atoms with E-state index in [9.17, 15) is 13.9 Å². The molecule has 0 aromatic heterocycles. The summed E-state index contributed by atoms with van der Waals surface area (Å²) in [7, 11) is 0. The van der Waals surface area contributed by atoms with Crippen LogP contribution in [-0.2, 0) is 0 Å². The van der Waals surface area contributed by atoms with Crippen LogP contribution in [0.4, 0.5) is 8.78 Å². The zero-order valence-electron chi connectivity index (χ0n) is 9.30. The summed E-state index contributed by atoms with van der Waals surface area (Å²) in [5.74, 6) is -2.17. The van der Waals surface area contributed by atoms with Gasteiger partial charge in [0.25, 0.3) is 0 Å². The minimum atomic E-state index is -1.25. The van der Waals surface area contributed by atoms with Crippen molar-refractivity contribution in [1.29, 1.82) is 0 Å². The highest BCUT2D eigenvalue weighted by molar-refractivity contribution is 6.34. The molecule has 0 saturated carbocycles. The first-order valence-corrected chi connectivity index (χ1v) is 6.30. The van der Waals surface area contributed by atoms with E-state index in [2.05, 4.69) is 0 Å². The monoisotopic (exact) mass is 322 g/mol. The predicted octanol–water partition coefficient (Wildman–Crippen LogP) is 5.01. The molecule has 0 fully saturated rings. The van der Waals surface area contributed by atoms with Crippen LogP contribution in [0.25, 0.3) is 0 Å². The van der Waals surface area contributed by atoms with Crippen LogP contribution in [0, 0.1) is 11.6 Å². The first-order valence-electron chi connectivity index (χ1n) is 5.17. The summed E-state index contributed by atoms with van der Waals surface area (Å²) in [6.45, 7) is 0. The Bertz CT molecular complexity index is 611. The van der Waals surface area contributed by atoms with Gasteiger partial charge in [-0.05, 0) is 35.9 Å². The fourth-order valence-electron chi connectivity index (χ4n) is 1.66. The van der Waals surface area contributed by atoms with E-state index in [0.717, 1.165) is 12.1 Å². The molecule has 0 aliphatic carbocycles. The van der Waals surface area contributed by atoms with Gasteiger partial charge in [-0.1, -0.05) is 34.8 Å². The van der Waals surface area contributed by atoms with E-state index in [1.807, 2.05) is 0 Å². The number of rotatable bonds is 2. The SMILES string of the molecule is OC(c1cc(Cl)cc(Cl)c1)c1cc(F)c(F)cc1Cl. The highest BCUT2D eigenvalue weighted by Crippen LogP contribution is 2.32. The van der Waals surface area contributed by atoms with Crippen molar-refractivity contribution in [2.45, 2.75) is 6.10 Å². The lowest BCUT2D eigenvalue weighted by Crippen LogP contribution is -2.02. The van der Waals surface area contributed by atoms with E-state index in [1.165, 1.54) is 18.2 Å². The van der Waals surface area contributed by atoms with Crippen molar-refractivity contribution >= 4 is 34.8 Å². The quantitative estimate of drug-likeness (QED) is 0.771. The molecule has 19 heavy (non-hydrogen) atoms. The van der Waals surface area contributed by atoms with Crippen LogP contribution in [0.2, 0.25) is 15.1 Å². The Labute approximate surface area is 123 Å². The van der Waals surface area contributed by atoms with E-state index in [4.69, 9.17) is 34.8 Å². The lowest BCUT2D eigenvalue weighted by molar-refractivity contribution is 0.219. The summed E-state index contributed by atoms with van der Waals surface area (Å²) in [5, 5.41) is 10.7. The molecule has 0 aliphatic heterocycles. The first-order chi connectivity index (χ1) is 8.88. The van der Waals surface area contributed by atoms with Crippen LogP contribution in [0.3, 0.4) is 0 Å². The number of benzene rings is 2. The third-order valence-corrected chi connectivity index (χ3v) is 3.30. The Balaban J connectivity index is 2.49. The second kappa shape index (κ2) is 5.63. The second-order valence-electron chi connectivity index (χ2n) is 3.89. The van der Waals surface area contributed by atoms with Gasteiger partial charge in [0.05, 0.1) is 0 Å². The molecule has 1 unspecified atom stereocenters. The highest BCUT2D eigenvalue weighted by atomic mass is 35.5. The van der Waals surface area contributed by atoms with Crippen molar-refractivity contribution in [3.05, 3.63) is 68.2 Å². The molecular formula is C13H7Cl3F2O. The zero-order valence-corrected chi connectivity index (χ0v) is 11.6. The summed E-state index contributed by atoms with van der Waals surface area (Å²) in [6.07, 6.45) is -1.25. The van der Waals surface area contributed by atoms with Crippen LogP contribution in [0.1, 0.15) is 17.2 Å². The molecule has 2 aromatic carbocycles. The minimum absolute atomic E-state index is 0.0406. The molecule has 0 radical (unpaired) electrons. The van der Waals surface area contributed by atoms with Crippen molar-refractivity contribution in [2.24, 2.45) is 0 Å². The van der Waals surface area contributed by atoms with Gasteiger partial charge in [0.15, 0.2) is 11.6 Å². The Morgan fingerprint density at radius 2 is 1.37 bits per heavy atom. The summed E-state index contributed by atoms with van der Waals surface area (Å²) < 4.78 is 26.2. The second-order valence-corrected chi connectivity index (χ2v) is 5.17. The Kier molecular flexibility index (Phi) is 4.31. The van der Waals surface area contributed by atoms with E-state index in [-0.39, 0.29) is 10.6 Å². The standard InChI is InChI=1S/C13H7Cl3F2O/c14-7-1-6(2-8(15)3-7)13(19)9-4-11(17)12(18)5-10(9)16/h1-5,13,19H. The molecule has 0 spiro atoms. The van der Waals surface area contributed by atoms with Gasteiger partial charge in [-0.2, -0.15) is 0 Å². The van der Waals surface area contributed by atoms with Gasteiger partial charge in [-0.3, -0.25) is 0 Å². The summed E-state index contributed by atoms with van der Waals surface area (Å²) in [5.41, 5.74) is 0.379. The smallest absolute Gasteiger partial charge is 0.160 e. The molecule has 2 rings (SSSR count). The Morgan fingerprint density at radius 3 is 1.95 bits per heavy atom. The summed E-state index contributed by atoms with van der Waals surface area (Å²) in [4.78, 5) is 0. The molecule has 1 nitrogen and oxygen atoms in total. The van der Waals surface area contributed by atoms with E-state index in [0.29, 0.717) is 15.6 Å². The first kappa shape index (κ1) is 14.5. The molecule has 1 atom stereocenters. The average Bonchev–Trinajstić information content (AvgIpc) is 2.31. The number of aliphatic hydroxyl groups is 1. The lowest BCUT2D eigenvalue weighted by Gasteiger charge is -2.14. The summed E-state index contributed by atoms with van der Waals surface area (Å²) >= 11 is 17.4. The lowest BCUT2D eigenvalue weighted by atomic mass is 10.0. The average molecular weight is 324 g/mol. The topological polar surface area (TPSA) is 20.2 Å². The van der Waals surface area contributed by atoms with Gasteiger partial charge < -0.3 is 5.11 Å². The van der Waals surface area contributed by atoms with Crippen molar-refractivity contribution in [3.8, 4) is 0 Å². The maximum atomic E-state index is 13.2. The number of hydrogen-bond acceptors (Lipinski definition) is 1. The van der Waals surface area contributed by atoms with Gasteiger partial charge in [-0.15, -0.1) is 0 Å². The molecule has 0 amide bonds. The molecular weight excluding hydrogens is 316 g/mol. The maximum Gasteiger partial charge on any atom is 0.160 e. The van der Waals surface area contributed by atoms with Gasteiger partial charge in [0, 0.05) is 20.6 Å². The molecule has 6 heteroatoms. The molecule has 0 aliphatic rings. The fourth-order valence-corrected chi connectivity index (χ4v) is 2.46. The van der Waals surface area contributed by atoms with Crippen molar-refractivity contribution in [2.75, 3.05) is 0 Å². The third-order valence-electron chi connectivity index (χ3n) is 2.53. The molecule has 2 aromatic rings. The summed E-state index contributed by atoms with van der Waals surface area (Å²) in [6, 6.07) is 6.08. The number of aliphatic hydroxyl groups excluding tert-OH is 1.